The molecule has 0 aliphatic heterocycles. The molecule has 2 N–H and O–H groups in total. The SMILES string of the molecule is Cc1coc(=O)c2ccc(C(N)=O)cc12. The highest BCUT2D eigenvalue weighted by Crippen LogP contribution is 2.16. The molecule has 1 aromatic heterocycles. The van der Waals surface area contributed by atoms with Crippen LogP contribution < -0.4 is 11.4 Å². The van der Waals surface area contributed by atoms with Crippen molar-refractivity contribution in [1.29, 1.82) is 0 Å². The average molecular weight is 203 g/mol. The first-order chi connectivity index (χ1) is 7.09. The molecule has 4 nitrogen and oxygen atoms in total. The molecule has 0 spiro atoms. The minimum Gasteiger partial charge on any atom is -0.431 e. The number of aryl methyl sites for hydroxylation is 1. The zero-order chi connectivity index (χ0) is 11.0. The van der Waals surface area contributed by atoms with Crippen molar-refractivity contribution < 1.29 is 9.21 Å². The highest BCUT2D eigenvalue weighted by atomic mass is 16.4. The van der Waals surface area contributed by atoms with Gasteiger partial charge in [-0.3, -0.25) is 4.79 Å². The van der Waals surface area contributed by atoms with Crippen LogP contribution in [0, 0.1) is 6.92 Å². The number of carbonyl (C=O) groups is 1. The quantitative estimate of drug-likeness (QED) is 0.756. The van der Waals surface area contributed by atoms with Crippen molar-refractivity contribution in [3.8, 4) is 0 Å². The first kappa shape index (κ1) is 9.45. The Balaban J connectivity index is 2.87. The monoisotopic (exact) mass is 203 g/mol. The molecule has 0 fully saturated rings. The Bertz CT molecular complexity index is 598. The normalized spacial score (nSPS) is 10.5. The second-order valence-corrected chi connectivity index (χ2v) is 3.33. The van der Waals surface area contributed by atoms with Crippen LogP contribution in [0.15, 0.2) is 33.7 Å². The summed E-state index contributed by atoms with van der Waals surface area (Å²) in [5.41, 5.74) is 5.93. The predicted octanol–water partition coefficient (Wildman–Crippen LogP) is 1.20. The second-order valence-electron chi connectivity index (χ2n) is 3.33. The van der Waals surface area contributed by atoms with Gasteiger partial charge in [0.25, 0.3) is 0 Å². The number of nitrogens with two attached hydrogens (primary N) is 1. The maximum atomic E-state index is 11.3. The Morgan fingerprint density at radius 1 is 1.33 bits per heavy atom. The maximum absolute atomic E-state index is 11.3. The molecule has 1 heterocycles. The van der Waals surface area contributed by atoms with E-state index in [1.54, 1.807) is 19.1 Å². The zero-order valence-electron chi connectivity index (χ0n) is 8.11. The van der Waals surface area contributed by atoms with Crippen LogP contribution in [0.1, 0.15) is 15.9 Å². The molecule has 15 heavy (non-hydrogen) atoms. The lowest BCUT2D eigenvalue weighted by atomic mass is 10.1. The number of rotatable bonds is 1. The smallest absolute Gasteiger partial charge is 0.343 e. The Labute approximate surface area is 85.3 Å². The molecule has 0 aliphatic carbocycles. The van der Waals surface area contributed by atoms with Crippen molar-refractivity contribution in [1.82, 2.24) is 0 Å². The summed E-state index contributed by atoms with van der Waals surface area (Å²) < 4.78 is 4.80. The molecular weight excluding hydrogens is 194 g/mol. The fraction of sp³-hybridized carbons (Fsp3) is 0.0909. The van der Waals surface area contributed by atoms with Crippen LogP contribution in [-0.4, -0.2) is 5.91 Å². The summed E-state index contributed by atoms with van der Waals surface area (Å²) in [6.45, 7) is 1.80. The van der Waals surface area contributed by atoms with Gasteiger partial charge in [0.2, 0.25) is 5.91 Å². The summed E-state index contributed by atoms with van der Waals surface area (Å²) in [6, 6.07) is 4.67. The van der Waals surface area contributed by atoms with Crippen molar-refractivity contribution >= 4 is 16.7 Å². The van der Waals surface area contributed by atoms with Crippen LogP contribution in [0.25, 0.3) is 10.8 Å². The maximum Gasteiger partial charge on any atom is 0.343 e. The van der Waals surface area contributed by atoms with Gasteiger partial charge in [0, 0.05) is 5.56 Å². The number of primary amides is 1. The molecule has 0 unspecified atom stereocenters. The van der Waals surface area contributed by atoms with Gasteiger partial charge < -0.3 is 10.2 Å². The Morgan fingerprint density at radius 3 is 2.73 bits per heavy atom. The number of benzene rings is 1. The van der Waals surface area contributed by atoms with Crippen LogP contribution in [0.4, 0.5) is 0 Å². The molecule has 1 amide bonds. The molecule has 2 aromatic rings. The molecule has 2 rings (SSSR count). The summed E-state index contributed by atoms with van der Waals surface area (Å²) in [6.07, 6.45) is 1.37. The van der Waals surface area contributed by atoms with Crippen LogP contribution >= 0.6 is 0 Å². The number of hydrogen-bond donors (Lipinski definition) is 1. The van der Waals surface area contributed by atoms with Gasteiger partial charge in [-0.15, -0.1) is 0 Å². The summed E-state index contributed by atoms with van der Waals surface area (Å²) in [4.78, 5) is 22.3. The average Bonchev–Trinajstić information content (AvgIpc) is 2.23. The lowest BCUT2D eigenvalue weighted by Crippen LogP contribution is -2.11. The molecule has 0 aliphatic rings. The Kier molecular flexibility index (Phi) is 2.04. The van der Waals surface area contributed by atoms with E-state index in [1.807, 2.05) is 0 Å². The summed E-state index contributed by atoms with van der Waals surface area (Å²) >= 11 is 0. The van der Waals surface area contributed by atoms with E-state index in [2.05, 4.69) is 0 Å². The first-order valence-electron chi connectivity index (χ1n) is 4.41. The third-order valence-corrected chi connectivity index (χ3v) is 2.29. The van der Waals surface area contributed by atoms with Crippen molar-refractivity contribution in [3.05, 3.63) is 46.0 Å². The third kappa shape index (κ3) is 1.50. The number of fused-ring (bicyclic) bond motifs is 1. The third-order valence-electron chi connectivity index (χ3n) is 2.29. The zero-order valence-corrected chi connectivity index (χ0v) is 8.11. The van der Waals surface area contributed by atoms with Crippen molar-refractivity contribution in [2.45, 2.75) is 6.92 Å². The lowest BCUT2D eigenvalue weighted by Gasteiger charge is -2.01. The van der Waals surface area contributed by atoms with Gasteiger partial charge in [-0.05, 0) is 36.1 Å². The minimum atomic E-state index is -0.510. The fourth-order valence-corrected chi connectivity index (χ4v) is 1.47. The standard InChI is InChI=1S/C11H9NO3/c1-6-5-15-11(14)8-3-2-7(10(12)13)4-9(6)8/h2-5H,1H3,(H2,12,13). The largest absolute Gasteiger partial charge is 0.431 e. The van der Waals surface area contributed by atoms with Crippen molar-refractivity contribution in [2.75, 3.05) is 0 Å². The van der Waals surface area contributed by atoms with Crippen LogP contribution in [0.3, 0.4) is 0 Å². The van der Waals surface area contributed by atoms with E-state index in [-0.39, 0.29) is 0 Å². The van der Waals surface area contributed by atoms with E-state index < -0.39 is 11.5 Å². The molecule has 0 bridgehead atoms. The van der Waals surface area contributed by atoms with Crippen LogP contribution in [0.2, 0.25) is 0 Å². The van der Waals surface area contributed by atoms with E-state index in [0.29, 0.717) is 16.3 Å². The molecule has 1 aromatic carbocycles. The molecule has 0 saturated heterocycles. The van der Waals surface area contributed by atoms with Gasteiger partial charge >= 0.3 is 5.63 Å². The van der Waals surface area contributed by atoms with Gasteiger partial charge in [-0.1, -0.05) is 0 Å². The fourth-order valence-electron chi connectivity index (χ4n) is 1.47. The summed E-state index contributed by atoms with van der Waals surface area (Å²) in [5.74, 6) is -0.510. The number of carbonyl (C=O) groups excluding carboxylic acids is 1. The Morgan fingerprint density at radius 2 is 2.07 bits per heavy atom. The van der Waals surface area contributed by atoms with Gasteiger partial charge in [-0.25, -0.2) is 4.79 Å². The molecule has 76 valence electrons. The lowest BCUT2D eigenvalue weighted by molar-refractivity contribution is 0.100. The highest BCUT2D eigenvalue weighted by molar-refractivity contribution is 5.97. The van der Waals surface area contributed by atoms with Crippen molar-refractivity contribution in [2.24, 2.45) is 5.73 Å². The Hall–Kier alpha value is -2.10. The van der Waals surface area contributed by atoms with E-state index in [4.69, 9.17) is 10.2 Å². The van der Waals surface area contributed by atoms with E-state index in [0.717, 1.165) is 5.56 Å². The van der Waals surface area contributed by atoms with E-state index in [9.17, 15) is 9.59 Å². The topological polar surface area (TPSA) is 73.3 Å². The molecular formula is C11H9NO3. The predicted molar refractivity (Wildman–Crippen MR) is 55.7 cm³/mol. The molecule has 4 heteroatoms. The van der Waals surface area contributed by atoms with Crippen LogP contribution in [-0.2, 0) is 0 Å². The highest BCUT2D eigenvalue weighted by Gasteiger charge is 2.06. The van der Waals surface area contributed by atoms with Gasteiger partial charge in [0.05, 0.1) is 11.6 Å². The first-order valence-corrected chi connectivity index (χ1v) is 4.41. The van der Waals surface area contributed by atoms with Crippen LogP contribution in [0.5, 0.6) is 0 Å². The minimum absolute atomic E-state index is 0.385. The number of hydrogen-bond acceptors (Lipinski definition) is 3. The molecule has 0 atom stereocenters. The molecule has 0 radical (unpaired) electrons. The van der Waals surface area contributed by atoms with Gasteiger partial charge in [-0.2, -0.15) is 0 Å². The van der Waals surface area contributed by atoms with Gasteiger partial charge in [0.1, 0.15) is 0 Å². The number of amides is 1. The van der Waals surface area contributed by atoms with Gasteiger partial charge in [0.15, 0.2) is 0 Å². The molecule has 0 saturated carbocycles. The summed E-state index contributed by atoms with van der Waals surface area (Å²) in [5, 5.41) is 1.16. The summed E-state index contributed by atoms with van der Waals surface area (Å²) in [7, 11) is 0. The second kappa shape index (κ2) is 3.24. The van der Waals surface area contributed by atoms with Crippen molar-refractivity contribution in [3.63, 3.8) is 0 Å². The van der Waals surface area contributed by atoms with E-state index >= 15 is 0 Å². The van der Waals surface area contributed by atoms with E-state index in [1.165, 1.54) is 12.3 Å².